The molecule has 0 saturated carbocycles. The minimum absolute atomic E-state index is 0.0931. The summed E-state index contributed by atoms with van der Waals surface area (Å²) in [5, 5.41) is 3.39. The lowest BCUT2D eigenvalue weighted by Gasteiger charge is -2.62. The Hall–Kier alpha value is -1.78. The Morgan fingerprint density at radius 2 is 2.09 bits per heavy atom. The molecule has 0 atom stereocenters. The Balaban J connectivity index is 2.14. The highest BCUT2D eigenvalue weighted by Gasteiger charge is 2.53. The molecule has 0 bridgehead atoms. The highest BCUT2D eigenvalue weighted by Crippen LogP contribution is 2.46. The molecular weight excluding hydrogens is 276 g/mol. The number of nitrogens with zero attached hydrogens (tertiary/aromatic N) is 3. The first-order chi connectivity index (χ1) is 10.3. The smallest absolute Gasteiger partial charge is 0.213 e. The van der Waals surface area contributed by atoms with Gasteiger partial charge in [-0.3, -0.25) is 0 Å². The van der Waals surface area contributed by atoms with Crippen molar-refractivity contribution in [1.29, 1.82) is 0 Å². The van der Waals surface area contributed by atoms with Gasteiger partial charge >= 0.3 is 0 Å². The van der Waals surface area contributed by atoms with Gasteiger partial charge in [0.1, 0.15) is 0 Å². The number of rotatable bonds is 4. The molecule has 0 spiro atoms. The van der Waals surface area contributed by atoms with Crippen molar-refractivity contribution < 1.29 is 4.74 Å². The zero-order valence-corrected chi connectivity index (χ0v) is 14.6. The van der Waals surface area contributed by atoms with Crippen LogP contribution in [0.3, 0.4) is 0 Å². The van der Waals surface area contributed by atoms with E-state index in [2.05, 4.69) is 49.8 Å². The second-order valence-corrected chi connectivity index (χ2v) is 6.87. The zero-order valence-electron chi connectivity index (χ0n) is 14.6. The number of methoxy groups -OCH3 is 1. The van der Waals surface area contributed by atoms with E-state index in [0.29, 0.717) is 12.4 Å². The number of guanidine groups is 1. The molecule has 0 radical (unpaired) electrons. The number of aromatic nitrogens is 1. The summed E-state index contributed by atoms with van der Waals surface area (Å²) < 4.78 is 5.16. The largest absolute Gasteiger partial charge is 0.481 e. The molecule has 22 heavy (non-hydrogen) atoms. The van der Waals surface area contributed by atoms with Crippen LogP contribution in [0, 0.1) is 5.41 Å². The average Bonchev–Trinajstić information content (AvgIpc) is 2.49. The molecule has 0 amide bonds. The third-order valence-corrected chi connectivity index (χ3v) is 4.86. The number of ether oxygens (including phenoxy) is 1. The van der Waals surface area contributed by atoms with Gasteiger partial charge < -0.3 is 15.0 Å². The number of hydrogen-bond donors (Lipinski definition) is 1. The van der Waals surface area contributed by atoms with E-state index >= 15 is 0 Å². The summed E-state index contributed by atoms with van der Waals surface area (Å²) in [6, 6.07) is 5.76. The second-order valence-electron chi connectivity index (χ2n) is 6.87. The molecular formula is C17H28N4O. The Kier molecular flexibility index (Phi) is 4.63. The fraction of sp³-hybridized carbons (Fsp3) is 0.647. The first kappa shape index (κ1) is 16.6. The van der Waals surface area contributed by atoms with Crippen molar-refractivity contribution in [2.24, 2.45) is 10.4 Å². The van der Waals surface area contributed by atoms with Crippen LogP contribution in [0.2, 0.25) is 0 Å². The van der Waals surface area contributed by atoms with Crippen LogP contribution in [-0.4, -0.2) is 41.6 Å². The molecule has 1 aliphatic heterocycles. The van der Waals surface area contributed by atoms with E-state index in [1.807, 2.05) is 18.2 Å². The van der Waals surface area contributed by atoms with Crippen molar-refractivity contribution in [2.45, 2.75) is 46.7 Å². The van der Waals surface area contributed by atoms with Crippen LogP contribution in [0.4, 0.5) is 0 Å². The fourth-order valence-electron chi connectivity index (χ4n) is 2.61. The van der Waals surface area contributed by atoms with Gasteiger partial charge in [-0.2, -0.15) is 0 Å². The topological polar surface area (TPSA) is 49.8 Å². The molecule has 1 aromatic heterocycles. The maximum Gasteiger partial charge on any atom is 0.213 e. The molecule has 0 unspecified atom stereocenters. The summed E-state index contributed by atoms with van der Waals surface area (Å²) in [5.74, 6) is 1.58. The second kappa shape index (κ2) is 6.15. The summed E-state index contributed by atoms with van der Waals surface area (Å²) in [5.41, 5.74) is 1.29. The maximum absolute atomic E-state index is 5.16. The van der Waals surface area contributed by atoms with Gasteiger partial charge in [-0.1, -0.05) is 19.9 Å². The van der Waals surface area contributed by atoms with Crippen LogP contribution < -0.4 is 10.1 Å². The van der Waals surface area contributed by atoms with Gasteiger partial charge in [-0.25, -0.2) is 9.98 Å². The van der Waals surface area contributed by atoms with E-state index in [-0.39, 0.29) is 11.0 Å². The van der Waals surface area contributed by atoms with Gasteiger partial charge in [0.15, 0.2) is 5.96 Å². The minimum atomic E-state index is 0.0931. The van der Waals surface area contributed by atoms with Crippen molar-refractivity contribution in [2.75, 3.05) is 20.2 Å². The average molecular weight is 304 g/mol. The fourth-order valence-corrected chi connectivity index (χ4v) is 2.61. The zero-order chi connectivity index (χ0) is 16.4. The molecule has 2 rings (SSSR count). The van der Waals surface area contributed by atoms with Gasteiger partial charge in [-0.15, -0.1) is 0 Å². The van der Waals surface area contributed by atoms with Gasteiger partial charge in [0.2, 0.25) is 5.88 Å². The summed E-state index contributed by atoms with van der Waals surface area (Å²) >= 11 is 0. The Bertz CT molecular complexity index is 551. The monoisotopic (exact) mass is 304 g/mol. The molecule has 1 aliphatic rings. The number of hydrogen-bond acceptors (Lipinski definition) is 3. The van der Waals surface area contributed by atoms with Crippen LogP contribution in [0.5, 0.6) is 5.88 Å². The molecule has 0 aliphatic carbocycles. The highest BCUT2D eigenvalue weighted by atomic mass is 16.5. The van der Waals surface area contributed by atoms with E-state index in [1.54, 1.807) is 7.11 Å². The van der Waals surface area contributed by atoms with Crippen molar-refractivity contribution in [3.8, 4) is 5.88 Å². The first-order valence-electron chi connectivity index (χ1n) is 7.87. The molecule has 5 heteroatoms. The molecule has 1 aromatic rings. The van der Waals surface area contributed by atoms with Crippen molar-refractivity contribution in [1.82, 2.24) is 15.2 Å². The van der Waals surface area contributed by atoms with Crippen molar-refractivity contribution in [3.63, 3.8) is 0 Å². The van der Waals surface area contributed by atoms with E-state index in [0.717, 1.165) is 24.7 Å². The van der Waals surface area contributed by atoms with Gasteiger partial charge in [0, 0.05) is 30.1 Å². The summed E-state index contributed by atoms with van der Waals surface area (Å²) in [4.78, 5) is 11.5. The summed E-state index contributed by atoms with van der Waals surface area (Å²) in [6.45, 7) is 13.7. The molecule has 0 aromatic carbocycles. The van der Waals surface area contributed by atoms with E-state index in [1.165, 1.54) is 0 Å². The van der Waals surface area contributed by atoms with Gasteiger partial charge in [0.25, 0.3) is 0 Å². The molecule has 2 heterocycles. The molecule has 1 fully saturated rings. The van der Waals surface area contributed by atoms with Crippen molar-refractivity contribution in [3.05, 3.63) is 23.9 Å². The minimum Gasteiger partial charge on any atom is -0.481 e. The lowest BCUT2D eigenvalue weighted by atomic mass is 9.65. The van der Waals surface area contributed by atoms with Crippen LogP contribution >= 0.6 is 0 Å². The number of nitrogens with one attached hydrogen (secondary N) is 1. The van der Waals surface area contributed by atoms with Crippen LogP contribution in [0.1, 0.15) is 40.3 Å². The molecule has 122 valence electrons. The van der Waals surface area contributed by atoms with Crippen LogP contribution in [-0.2, 0) is 6.54 Å². The van der Waals surface area contributed by atoms with E-state index < -0.39 is 0 Å². The normalized spacial score (nSPS) is 19.5. The van der Waals surface area contributed by atoms with E-state index in [4.69, 9.17) is 9.73 Å². The van der Waals surface area contributed by atoms with E-state index in [9.17, 15) is 0 Å². The molecule has 1 N–H and O–H groups in total. The Morgan fingerprint density at radius 1 is 1.36 bits per heavy atom. The number of likely N-dealkylation sites (tertiary alicyclic amines) is 1. The van der Waals surface area contributed by atoms with Crippen LogP contribution in [0.25, 0.3) is 0 Å². The summed E-state index contributed by atoms with van der Waals surface area (Å²) in [7, 11) is 1.63. The highest BCUT2D eigenvalue weighted by molar-refractivity contribution is 5.82. The van der Waals surface area contributed by atoms with Crippen LogP contribution in [0.15, 0.2) is 23.2 Å². The Morgan fingerprint density at radius 3 is 2.64 bits per heavy atom. The predicted octanol–water partition coefficient (Wildman–Crippen LogP) is 2.68. The summed E-state index contributed by atoms with van der Waals surface area (Å²) in [6.07, 6.45) is 0. The molecule has 5 nitrogen and oxygen atoms in total. The quantitative estimate of drug-likeness (QED) is 0.686. The third kappa shape index (κ3) is 3.03. The first-order valence-corrected chi connectivity index (χ1v) is 7.87. The van der Waals surface area contributed by atoms with Crippen molar-refractivity contribution >= 4 is 5.96 Å². The lowest BCUT2D eigenvalue weighted by molar-refractivity contribution is -0.0667. The maximum atomic E-state index is 5.16. The number of aliphatic imine (C=N–C) groups is 1. The van der Waals surface area contributed by atoms with Gasteiger partial charge in [0.05, 0.1) is 19.3 Å². The Labute approximate surface area is 133 Å². The SMILES string of the molecule is CCNC(=NCc1cccc(OC)n1)N1CC(C)(C)C1(C)C. The number of pyridine rings is 1. The lowest BCUT2D eigenvalue weighted by Crippen LogP contribution is -2.72. The van der Waals surface area contributed by atoms with Gasteiger partial charge in [-0.05, 0) is 26.8 Å². The molecule has 1 saturated heterocycles. The standard InChI is InChI=1S/C17H28N4O/c1-7-18-15(21-12-16(2,3)17(21,4)5)19-11-13-9-8-10-14(20-13)22-6/h8-10H,7,11-12H2,1-6H3,(H,18,19). The predicted molar refractivity (Wildman–Crippen MR) is 90.2 cm³/mol. The third-order valence-electron chi connectivity index (χ3n) is 4.86.